The standard InChI is InChI=1S/C16H21N3/c1-19-10-9-18-16(19)7-8-17-12-13-3-2-4-15(11-13)14-5-6-14/h2-4,9-11,14,17H,5-8,12H2,1H3. The van der Waals surface area contributed by atoms with Gasteiger partial charge in [0, 0.05) is 39.0 Å². The van der Waals surface area contributed by atoms with E-state index in [1.54, 1.807) is 0 Å². The third-order valence-corrected chi connectivity index (χ3v) is 3.78. The first kappa shape index (κ1) is 12.4. The van der Waals surface area contributed by atoms with Crippen molar-refractivity contribution in [2.75, 3.05) is 6.54 Å². The second-order valence-electron chi connectivity index (χ2n) is 5.40. The summed E-state index contributed by atoms with van der Waals surface area (Å²) in [5.74, 6) is 1.98. The highest BCUT2D eigenvalue weighted by Gasteiger charge is 2.23. The maximum absolute atomic E-state index is 4.33. The molecule has 1 fully saturated rings. The Morgan fingerprint density at radius 3 is 3.00 bits per heavy atom. The highest BCUT2D eigenvalue weighted by Crippen LogP contribution is 2.40. The van der Waals surface area contributed by atoms with Gasteiger partial charge < -0.3 is 9.88 Å². The first-order valence-electron chi connectivity index (χ1n) is 7.08. The van der Waals surface area contributed by atoms with Gasteiger partial charge in [-0.3, -0.25) is 0 Å². The van der Waals surface area contributed by atoms with Crippen LogP contribution in [0.15, 0.2) is 36.7 Å². The van der Waals surface area contributed by atoms with Gasteiger partial charge in [-0.05, 0) is 29.9 Å². The maximum atomic E-state index is 4.33. The normalized spacial score (nSPS) is 14.8. The number of imidazole rings is 1. The lowest BCUT2D eigenvalue weighted by molar-refractivity contribution is 0.654. The van der Waals surface area contributed by atoms with Gasteiger partial charge >= 0.3 is 0 Å². The molecule has 1 aromatic heterocycles. The molecule has 100 valence electrons. The summed E-state index contributed by atoms with van der Waals surface area (Å²) in [6.07, 6.45) is 7.57. The SMILES string of the molecule is Cn1ccnc1CCNCc1cccc(C2CC2)c1. The van der Waals surface area contributed by atoms with E-state index in [1.165, 1.54) is 24.0 Å². The molecule has 1 saturated carbocycles. The molecule has 2 aromatic rings. The van der Waals surface area contributed by atoms with Crippen LogP contribution in [0.3, 0.4) is 0 Å². The van der Waals surface area contributed by atoms with Crippen molar-refractivity contribution in [2.45, 2.75) is 31.7 Å². The van der Waals surface area contributed by atoms with Crippen molar-refractivity contribution in [2.24, 2.45) is 7.05 Å². The average Bonchev–Trinajstić information content (AvgIpc) is 3.20. The summed E-state index contributed by atoms with van der Waals surface area (Å²) >= 11 is 0. The van der Waals surface area contributed by atoms with Gasteiger partial charge in [-0.2, -0.15) is 0 Å². The lowest BCUT2D eigenvalue weighted by Crippen LogP contribution is -2.18. The first-order chi connectivity index (χ1) is 9.33. The van der Waals surface area contributed by atoms with Crippen molar-refractivity contribution in [1.29, 1.82) is 0 Å². The fourth-order valence-electron chi connectivity index (χ4n) is 2.44. The third kappa shape index (κ3) is 3.24. The Morgan fingerprint density at radius 1 is 1.37 bits per heavy atom. The Kier molecular flexibility index (Phi) is 3.65. The second-order valence-corrected chi connectivity index (χ2v) is 5.40. The predicted molar refractivity (Wildman–Crippen MR) is 77.0 cm³/mol. The van der Waals surface area contributed by atoms with Crippen molar-refractivity contribution in [3.05, 3.63) is 53.6 Å². The lowest BCUT2D eigenvalue weighted by atomic mass is 10.1. The van der Waals surface area contributed by atoms with E-state index in [-0.39, 0.29) is 0 Å². The smallest absolute Gasteiger partial charge is 0.109 e. The molecule has 0 amide bonds. The molecular formula is C16H21N3. The van der Waals surface area contributed by atoms with Gasteiger partial charge in [-0.15, -0.1) is 0 Å². The van der Waals surface area contributed by atoms with Crippen LogP contribution >= 0.6 is 0 Å². The zero-order chi connectivity index (χ0) is 13.1. The molecule has 19 heavy (non-hydrogen) atoms. The summed E-state index contributed by atoms with van der Waals surface area (Å²) in [6.45, 7) is 1.92. The number of benzene rings is 1. The van der Waals surface area contributed by atoms with Gasteiger partial charge in [-0.25, -0.2) is 4.98 Å². The van der Waals surface area contributed by atoms with Crippen LogP contribution in [-0.4, -0.2) is 16.1 Å². The van der Waals surface area contributed by atoms with Crippen molar-refractivity contribution in [1.82, 2.24) is 14.9 Å². The van der Waals surface area contributed by atoms with Crippen LogP contribution in [0.5, 0.6) is 0 Å². The lowest BCUT2D eigenvalue weighted by Gasteiger charge is -2.07. The largest absolute Gasteiger partial charge is 0.338 e. The molecule has 0 spiro atoms. The topological polar surface area (TPSA) is 29.9 Å². The van der Waals surface area contributed by atoms with E-state index in [2.05, 4.69) is 39.1 Å². The highest BCUT2D eigenvalue weighted by atomic mass is 15.0. The van der Waals surface area contributed by atoms with E-state index >= 15 is 0 Å². The summed E-state index contributed by atoms with van der Waals surface area (Å²) < 4.78 is 2.08. The Hall–Kier alpha value is -1.61. The van der Waals surface area contributed by atoms with E-state index in [1.807, 2.05) is 19.4 Å². The van der Waals surface area contributed by atoms with E-state index in [0.29, 0.717) is 0 Å². The highest BCUT2D eigenvalue weighted by molar-refractivity contribution is 5.29. The fourth-order valence-corrected chi connectivity index (χ4v) is 2.44. The predicted octanol–water partition coefficient (Wildman–Crippen LogP) is 2.63. The summed E-state index contributed by atoms with van der Waals surface area (Å²) in [6, 6.07) is 9.00. The summed E-state index contributed by atoms with van der Waals surface area (Å²) in [4.78, 5) is 4.33. The second kappa shape index (κ2) is 5.57. The molecule has 0 bridgehead atoms. The van der Waals surface area contributed by atoms with Crippen LogP contribution in [0.2, 0.25) is 0 Å². The summed E-state index contributed by atoms with van der Waals surface area (Å²) in [5, 5.41) is 3.50. The average molecular weight is 255 g/mol. The van der Waals surface area contributed by atoms with Crippen LogP contribution in [-0.2, 0) is 20.0 Å². The molecule has 0 aliphatic heterocycles. The third-order valence-electron chi connectivity index (χ3n) is 3.78. The molecule has 1 aliphatic rings. The molecule has 0 unspecified atom stereocenters. The van der Waals surface area contributed by atoms with Crippen LogP contribution in [0.25, 0.3) is 0 Å². The van der Waals surface area contributed by atoms with Crippen LogP contribution in [0.1, 0.15) is 35.7 Å². The van der Waals surface area contributed by atoms with Crippen molar-refractivity contribution in [3.8, 4) is 0 Å². The monoisotopic (exact) mass is 255 g/mol. The van der Waals surface area contributed by atoms with Gasteiger partial charge in [0.15, 0.2) is 0 Å². The van der Waals surface area contributed by atoms with Gasteiger partial charge in [0.05, 0.1) is 0 Å². The summed E-state index contributed by atoms with van der Waals surface area (Å²) in [5.41, 5.74) is 2.91. The molecular weight excluding hydrogens is 234 g/mol. The van der Waals surface area contributed by atoms with Crippen LogP contribution < -0.4 is 5.32 Å². The molecule has 1 aromatic carbocycles. The molecule has 0 atom stereocenters. The molecule has 0 saturated heterocycles. The molecule has 3 nitrogen and oxygen atoms in total. The van der Waals surface area contributed by atoms with E-state index in [4.69, 9.17) is 0 Å². The van der Waals surface area contributed by atoms with E-state index < -0.39 is 0 Å². The minimum absolute atomic E-state index is 0.840. The molecule has 0 radical (unpaired) electrons. The Balaban J connectivity index is 1.47. The molecule has 1 aliphatic carbocycles. The number of nitrogens with zero attached hydrogens (tertiary/aromatic N) is 2. The van der Waals surface area contributed by atoms with E-state index in [0.717, 1.165) is 31.3 Å². The Morgan fingerprint density at radius 2 is 2.26 bits per heavy atom. The van der Waals surface area contributed by atoms with Crippen molar-refractivity contribution >= 4 is 0 Å². The first-order valence-corrected chi connectivity index (χ1v) is 7.08. The van der Waals surface area contributed by atoms with Gasteiger partial charge in [0.25, 0.3) is 0 Å². The summed E-state index contributed by atoms with van der Waals surface area (Å²) in [7, 11) is 2.04. The number of aryl methyl sites for hydroxylation is 1. The van der Waals surface area contributed by atoms with Crippen molar-refractivity contribution in [3.63, 3.8) is 0 Å². The number of nitrogens with one attached hydrogen (secondary N) is 1. The molecule has 3 rings (SSSR count). The number of hydrogen-bond donors (Lipinski definition) is 1. The minimum Gasteiger partial charge on any atom is -0.338 e. The maximum Gasteiger partial charge on any atom is 0.109 e. The van der Waals surface area contributed by atoms with Gasteiger partial charge in [0.2, 0.25) is 0 Å². The van der Waals surface area contributed by atoms with Gasteiger partial charge in [-0.1, -0.05) is 24.3 Å². The zero-order valence-electron chi connectivity index (χ0n) is 11.5. The quantitative estimate of drug-likeness (QED) is 0.804. The Labute approximate surface area is 114 Å². The van der Waals surface area contributed by atoms with Gasteiger partial charge in [0.1, 0.15) is 5.82 Å². The van der Waals surface area contributed by atoms with E-state index in [9.17, 15) is 0 Å². The Bertz CT molecular complexity index is 540. The number of hydrogen-bond acceptors (Lipinski definition) is 2. The number of aromatic nitrogens is 2. The number of rotatable bonds is 6. The minimum atomic E-state index is 0.840. The molecule has 3 heteroatoms. The molecule has 1 heterocycles. The zero-order valence-corrected chi connectivity index (χ0v) is 11.5. The molecule has 1 N–H and O–H groups in total. The van der Waals surface area contributed by atoms with Crippen LogP contribution in [0, 0.1) is 0 Å². The van der Waals surface area contributed by atoms with Crippen molar-refractivity contribution < 1.29 is 0 Å². The van der Waals surface area contributed by atoms with Crippen LogP contribution in [0.4, 0.5) is 0 Å². The fraction of sp³-hybridized carbons (Fsp3) is 0.438.